The molecular formula is C12H15FN4O4. The van der Waals surface area contributed by atoms with E-state index in [2.05, 4.69) is 10.7 Å². The number of carbonyl (C=O) groups excluding carboxylic acids is 1. The molecule has 0 saturated carbocycles. The molecule has 1 amide bonds. The Morgan fingerprint density at radius 2 is 2.29 bits per heavy atom. The number of anilines is 1. The van der Waals surface area contributed by atoms with Gasteiger partial charge in [-0.1, -0.05) is 0 Å². The maximum Gasteiger partial charge on any atom is 0.285 e. The van der Waals surface area contributed by atoms with E-state index in [0.29, 0.717) is 25.7 Å². The highest BCUT2D eigenvalue weighted by Crippen LogP contribution is 2.27. The summed E-state index contributed by atoms with van der Waals surface area (Å²) < 4.78 is 18.7. The fourth-order valence-corrected chi connectivity index (χ4v) is 2.11. The lowest BCUT2D eigenvalue weighted by Gasteiger charge is -2.23. The van der Waals surface area contributed by atoms with Crippen molar-refractivity contribution in [2.45, 2.75) is 18.9 Å². The van der Waals surface area contributed by atoms with E-state index < -0.39 is 27.9 Å². The molecule has 2 rings (SSSR count). The molecule has 8 nitrogen and oxygen atoms in total. The quantitative estimate of drug-likeness (QED) is 0.432. The first-order valence-electron chi connectivity index (χ1n) is 6.21. The number of hydrogen-bond donors (Lipinski definition) is 3. The molecule has 0 aromatic heterocycles. The highest BCUT2D eigenvalue weighted by Gasteiger charge is 2.33. The topological polar surface area (TPSA) is 120 Å². The van der Waals surface area contributed by atoms with Crippen molar-refractivity contribution in [1.29, 1.82) is 0 Å². The Labute approximate surface area is 119 Å². The predicted molar refractivity (Wildman–Crippen MR) is 72.2 cm³/mol. The SMILES string of the molecule is CC1(NC(=O)c2cc(NN)c(F)cc2[N+](=O)[O-])CCOC1. The number of carbonyl (C=O) groups is 1. The molecule has 0 bridgehead atoms. The van der Waals surface area contributed by atoms with Crippen LogP contribution in [0.1, 0.15) is 23.7 Å². The Morgan fingerprint density at radius 3 is 2.81 bits per heavy atom. The lowest BCUT2D eigenvalue weighted by molar-refractivity contribution is -0.385. The van der Waals surface area contributed by atoms with Gasteiger partial charge in [0.05, 0.1) is 28.8 Å². The average Bonchev–Trinajstić information content (AvgIpc) is 2.84. The van der Waals surface area contributed by atoms with Gasteiger partial charge < -0.3 is 15.5 Å². The van der Waals surface area contributed by atoms with E-state index in [1.54, 1.807) is 6.92 Å². The number of hydrogen-bond acceptors (Lipinski definition) is 6. The van der Waals surface area contributed by atoms with Gasteiger partial charge in [-0.25, -0.2) is 4.39 Å². The van der Waals surface area contributed by atoms with Crippen LogP contribution in [0.25, 0.3) is 0 Å². The van der Waals surface area contributed by atoms with Gasteiger partial charge in [0.25, 0.3) is 11.6 Å². The molecule has 1 atom stereocenters. The molecule has 4 N–H and O–H groups in total. The van der Waals surface area contributed by atoms with Gasteiger partial charge in [0, 0.05) is 6.61 Å². The highest BCUT2D eigenvalue weighted by atomic mass is 19.1. The summed E-state index contributed by atoms with van der Waals surface area (Å²) in [6, 6.07) is 1.68. The van der Waals surface area contributed by atoms with Crippen LogP contribution in [0.2, 0.25) is 0 Å². The molecule has 1 aliphatic heterocycles. The number of nitrogens with one attached hydrogen (secondary N) is 2. The van der Waals surface area contributed by atoms with Crippen LogP contribution in [0, 0.1) is 15.9 Å². The van der Waals surface area contributed by atoms with Gasteiger partial charge in [-0.2, -0.15) is 0 Å². The fourth-order valence-electron chi connectivity index (χ4n) is 2.11. The van der Waals surface area contributed by atoms with E-state index in [9.17, 15) is 19.3 Å². The highest BCUT2D eigenvalue weighted by molar-refractivity contribution is 5.99. The first kappa shape index (κ1) is 15.1. The first-order valence-corrected chi connectivity index (χ1v) is 6.21. The third-order valence-electron chi connectivity index (χ3n) is 3.32. The number of amides is 1. The monoisotopic (exact) mass is 298 g/mol. The normalized spacial score (nSPS) is 21.1. The van der Waals surface area contributed by atoms with Crippen LogP contribution in [-0.2, 0) is 4.74 Å². The Bertz CT molecular complexity index is 587. The second-order valence-electron chi connectivity index (χ2n) is 5.07. The fraction of sp³-hybridized carbons (Fsp3) is 0.417. The van der Waals surface area contributed by atoms with Gasteiger partial charge in [0.15, 0.2) is 5.82 Å². The summed E-state index contributed by atoms with van der Waals surface area (Å²) in [7, 11) is 0. The van der Waals surface area contributed by atoms with E-state index in [4.69, 9.17) is 10.6 Å². The number of ether oxygens (including phenoxy) is 1. The molecule has 1 fully saturated rings. The Balaban J connectivity index is 2.36. The van der Waals surface area contributed by atoms with Crippen molar-refractivity contribution in [3.05, 3.63) is 33.6 Å². The van der Waals surface area contributed by atoms with Crippen LogP contribution >= 0.6 is 0 Å². The number of nitrogen functional groups attached to an aromatic ring is 1. The molecule has 1 heterocycles. The molecule has 9 heteroatoms. The van der Waals surface area contributed by atoms with Gasteiger partial charge in [-0.05, 0) is 19.4 Å². The van der Waals surface area contributed by atoms with Crippen LogP contribution < -0.4 is 16.6 Å². The van der Waals surface area contributed by atoms with Gasteiger partial charge in [-0.15, -0.1) is 0 Å². The summed E-state index contributed by atoms with van der Waals surface area (Å²) >= 11 is 0. The number of nitro benzene ring substituents is 1. The summed E-state index contributed by atoms with van der Waals surface area (Å²) in [5.41, 5.74) is 0.380. The van der Waals surface area contributed by atoms with Gasteiger partial charge in [0.1, 0.15) is 5.56 Å². The zero-order chi connectivity index (χ0) is 15.6. The minimum Gasteiger partial charge on any atom is -0.379 e. The molecule has 1 unspecified atom stereocenters. The predicted octanol–water partition coefficient (Wildman–Crippen LogP) is 0.928. The largest absolute Gasteiger partial charge is 0.379 e. The average molecular weight is 298 g/mol. The number of nitro groups is 1. The van der Waals surface area contributed by atoms with E-state index in [0.717, 1.165) is 6.07 Å². The molecule has 1 aromatic carbocycles. The second-order valence-corrected chi connectivity index (χ2v) is 5.07. The second kappa shape index (κ2) is 5.62. The number of halogens is 1. The molecule has 0 radical (unpaired) electrons. The molecule has 21 heavy (non-hydrogen) atoms. The lowest BCUT2D eigenvalue weighted by Crippen LogP contribution is -2.46. The number of benzene rings is 1. The summed E-state index contributed by atoms with van der Waals surface area (Å²) in [4.78, 5) is 22.4. The van der Waals surface area contributed by atoms with Crippen molar-refractivity contribution in [2.24, 2.45) is 5.84 Å². The Hall–Kier alpha value is -2.26. The minimum atomic E-state index is -0.906. The third-order valence-corrected chi connectivity index (χ3v) is 3.32. The smallest absolute Gasteiger partial charge is 0.285 e. The van der Waals surface area contributed by atoms with Crippen molar-refractivity contribution in [2.75, 3.05) is 18.6 Å². The standard InChI is InChI=1S/C12H15FN4O4/c1-12(2-3-21-6-12)15-11(18)7-4-9(16-14)8(13)5-10(7)17(19)20/h4-5,16H,2-3,6,14H2,1H3,(H,15,18). The Morgan fingerprint density at radius 1 is 1.57 bits per heavy atom. The molecule has 1 aliphatic rings. The zero-order valence-corrected chi connectivity index (χ0v) is 11.3. The van der Waals surface area contributed by atoms with E-state index in [1.165, 1.54) is 0 Å². The van der Waals surface area contributed by atoms with Crippen LogP contribution in [0.5, 0.6) is 0 Å². The van der Waals surface area contributed by atoms with Gasteiger partial charge in [-0.3, -0.25) is 20.8 Å². The number of hydrazine groups is 1. The maximum absolute atomic E-state index is 13.5. The van der Waals surface area contributed by atoms with Crippen molar-refractivity contribution in [3.63, 3.8) is 0 Å². The van der Waals surface area contributed by atoms with Crippen molar-refractivity contribution < 1.29 is 18.8 Å². The summed E-state index contributed by atoms with van der Waals surface area (Å²) in [5.74, 6) is 3.54. The van der Waals surface area contributed by atoms with E-state index >= 15 is 0 Å². The number of nitrogens with two attached hydrogens (primary N) is 1. The van der Waals surface area contributed by atoms with Crippen molar-refractivity contribution in [3.8, 4) is 0 Å². The van der Waals surface area contributed by atoms with Gasteiger partial charge in [0.2, 0.25) is 0 Å². The summed E-state index contributed by atoms with van der Waals surface area (Å²) in [6.07, 6.45) is 0.593. The Kier molecular flexibility index (Phi) is 4.05. The molecule has 1 saturated heterocycles. The third kappa shape index (κ3) is 3.09. The van der Waals surface area contributed by atoms with Crippen molar-refractivity contribution in [1.82, 2.24) is 5.32 Å². The zero-order valence-electron chi connectivity index (χ0n) is 11.3. The van der Waals surface area contributed by atoms with Crippen molar-refractivity contribution >= 4 is 17.3 Å². The van der Waals surface area contributed by atoms with E-state index in [1.807, 2.05) is 0 Å². The molecule has 0 spiro atoms. The van der Waals surface area contributed by atoms with E-state index in [-0.39, 0.29) is 11.3 Å². The molecule has 114 valence electrons. The minimum absolute atomic E-state index is 0.196. The molecule has 0 aliphatic carbocycles. The number of nitrogens with zero attached hydrogens (tertiary/aromatic N) is 1. The van der Waals surface area contributed by atoms with Gasteiger partial charge >= 0.3 is 0 Å². The van der Waals surface area contributed by atoms with Crippen LogP contribution in [-0.4, -0.2) is 29.6 Å². The van der Waals surface area contributed by atoms with Crippen LogP contribution in [0.4, 0.5) is 15.8 Å². The summed E-state index contributed by atoms with van der Waals surface area (Å²) in [6.45, 7) is 2.59. The number of rotatable bonds is 4. The lowest BCUT2D eigenvalue weighted by atomic mass is 10.0. The molecular weight excluding hydrogens is 283 g/mol. The maximum atomic E-state index is 13.5. The molecule has 1 aromatic rings. The summed E-state index contributed by atoms with van der Waals surface area (Å²) in [5, 5.41) is 13.7. The first-order chi connectivity index (χ1) is 9.86. The van der Waals surface area contributed by atoms with Crippen LogP contribution in [0.3, 0.4) is 0 Å². The van der Waals surface area contributed by atoms with Crippen LogP contribution in [0.15, 0.2) is 12.1 Å².